The van der Waals surface area contributed by atoms with Crippen LogP contribution >= 0.6 is 0 Å². The van der Waals surface area contributed by atoms with Crippen molar-refractivity contribution in [3.8, 4) is 0 Å². The zero-order chi connectivity index (χ0) is 25.3. The smallest absolute Gasteiger partial charge is 0.330 e. The van der Waals surface area contributed by atoms with Gasteiger partial charge >= 0.3 is 11.9 Å². The zero-order valence-corrected chi connectivity index (χ0v) is 20.2. The fraction of sp³-hybridized carbons (Fsp3) is 0.407. The van der Waals surface area contributed by atoms with Gasteiger partial charge in [-0.05, 0) is 28.8 Å². The number of hydrazone groups is 1. The van der Waals surface area contributed by atoms with E-state index in [2.05, 4.69) is 5.10 Å². The lowest BCUT2D eigenvalue weighted by Crippen LogP contribution is -2.58. The van der Waals surface area contributed by atoms with Crippen molar-refractivity contribution in [1.82, 2.24) is 5.01 Å². The van der Waals surface area contributed by atoms with E-state index in [0.717, 1.165) is 5.56 Å². The van der Waals surface area contributed by atoms with Gasteiger partial charge in [0.25, 0.3) is 5.79 Å². The van der Waals surface area contributed by atoms with Gasteiger partial charge in [-0.3, -0.25) is 19.4 Å². The Morgan fingerprint density at radius 3 is 2.20 bits per heavy atom. The summed E-state index contributed by atoms with van der Waals surface area (Å²) >= 11 is 0. The molecule has 5 rings (SSSR count). The van der Waals surface area contributed by atoms with Gasteiger partial charge in [-0.15, -0.1) is 0 Å². The molecule has 3 aliphatic rings. The highest BCUT2D eigenvalue weighted by Gasteiger charge is 2.75. The molecular weight excluding hydrogens is 451 g/mol. The molecule has 2 aromatic rings. The standard InChI is InChI=1S/C27H27FN2O5/c1-25(2,3)22(31)20-19(15-10-12-17(28)13-11-15)27(23(32)34-26(4,5)35-24(27)33)21-18-9-7-6-8-16(18)14-29-30(20)21/h6-14,19-21H,1-5H3/t19-,20+,21+/m1/s1. The third kappa shape index (κ3) is 3.30. The molecule has 35 heavy (non-hydrogen) atoms. The minimum absolute atomic E-state index is 0.212. The van der Waals surface area contributed by atoms with Gasteiger partial charge in [-0.25, -0.2) is 4.39 Å². The first kappa shape index (κ1) is 23.2. The van der Waals surface area contributed by atoms with Gasteiger partial charge in [-0.1, -0.05) is 57.2 Å². The van der Waals surface area contributed by atoms with E-state index in [1.54, 1.807) is 38.1 Å². The number of nitrogens with zero attached hydrogens (tertiary/aromatic N) is 2. The molecule has 3 atom stereocenters. The monoisotopic (exact) mass is 478 g/mol. The van der Waals surface area contributed by atoms with E-state index in [1.807, 2.05) is 18.2 Å². The molecule has 3 heterocycles. The van der Waals surface area contributed by atoms with Crippen molar-refractivity contribution < 1.29 is 28.2 Å². The first-order valence-electron chi connectivity index (χ1n) is 11.6. The number of esters is 2. The van der Waals surface area contributed by atoms with Gasteiger partial charge in [0, 0.05) is 25.2 Å². The Hall–Kier alpha value is -3.55. The van der Waals surface area contributed by atoms with Crippen LogP contribution in [-0.2, 0) is 23.9 Å². The van der Waals surface area contributed by atoms with Crippen molar-refractivity contribution in [1.29, 1.82) is 0 Å². The molecule has 8 heteroatoms. The van der Waals surface area contributed by atoms with E-state index in [4.69, 9.17) is 9.47 Å². The molecule has 0 saturated carbocycles. The van der Waals surface area contributed by atoms with Crippen LogP contribution < -0.4 is 0 Å². The summed E-state index contributed by atoms with van der Waals surface area (Å²) in [5, 5.41) is 6.14. The maximum atomic E-state index is 14.0. The minimum Gasteiger partial charge on any atom is -0.422 e. The first-order valence-corrected chi connectivity index (χ1v) is 11.6. The first-order chi connectivity index (χ1) is 16.4. The van der Waals surface area contributed by atoms with E-state index in [9.17, 15) is 18.8 Å². The summed E-state index contributed by atoms with van der Waals surface area (Å²) < 4.78 is 25.3. The summed E-state index contributed by atoms with van der Waals surface area (Å²) in [6, 6.07) is 10.8. The van der Waals surface area contributed by atoms with Crippen LogP contribution in [0.3, 0.4) is 0 Å². The van der Waals surface area contributed by atoms with Gasteiger partial charge in [0.1, 0.15) is 17.9 Å². The van der Waals surface area contributed by atoms with E-state index in [0.29, 0.717) is 11.1 Å². The summed E-state index contributed by atoms with van der Waals surface area (Å²) in [6.45, 7) is 8.30. The highest BCUT2D eigenvalue weighted by atomic mass is 19.1. The average molecular weight is 479 g/mol. The summed E-state index contributed by atoms with van der Waals surface area (Å²) in [7, 11) is 0. The highest BCUT2D eigenvalue weighted by molar-refractivity contribution is 6.07. The van der Waals surface area contributed by atoms with Crippen molar-refractivity contribution in [3.63, 3.8) is 0 Å². The Morgan fingerprint density at radius 1 is 1.00 bits per heavy atom. The minimum atomic E-state index is -1.94. The average Bonchev–Trinajstić information content (AvgIpc) is 3.09. The number of benzene rings is 2. The summed E-state index contributed by atoms with van der Waals surface area (Å²) in [6.07, 6.45) is 1.62. The second kappa shape index (κ2) is 7.47. The molecular formula is C27H27FN2O5. The quantitative estimate of drug-likeness (QED) is 0.477. The molecule has 2 fully saturated rings. The van der Waals surface area contributed by atoms with Crippen LogP contribution in [0.2, 0.25) is 0 Å². The number of Topliss-reactive ketones (excluding diaryl/α,β-unsaturated/α-hetero) is 1. The highest BCUT2D eigenvalue weighted by Crippen LogP contribution is 2.63. The number of rotatable bonds is 2. The largest absolute Gasteiger partial charge is 0.422 e. The lowest BCUT2D eigenvalue weighted by Gasteiger charge is -2.44. The van der Waals surface area contributed by atoms with Gasteiger partial charge in [-0.2, -0.15) is 5.10 Å². The lowest BCUT2D eigenvalue weighted by atomic mass is 9.64. The Kier molecular flexibility index (Phi) is 4.95. The van der Waals surface area contributed by atoms with E-state index >= 15 is 0 Å². The maximum absolute atomic E-state index is 14.0. The predicted molar refractivity (Wildman–Crippen MR) is 125 cm³/mol. The second-order valence-corrected chi connectivity index (χ2v) is 10.8. The molecule has 0 amide bonds. The molecule has 0 N–H and O–H groups in total. The molecule has 182 valence electrons. The Morgan fingerprint density at radius 2 is 1.60 bits per heavy atom. The summed E-state index contributed by atoms with van der Waals surface area (Å²) in [5.74, 6) is -4.77. The van der Waals surface area contributed by atoms with Crippen molar-refractivity contribution in [2.45, 2.75) is 58.4 Å². The van der Waals surface area contributed by atoms with Crippen LogP contribution in [0.15, 0.2) is 53.6 Å². The molecule has 0 aromatic heterocycles. The fourth-order valence-electron chi connectivity index (χ4n) is 5.50. The summed E-state index contributed by atoms with van der Waals surface area (Å²) in [5.41, 5.74) is -0.933. The zero-order valence-electron chi connectivity index (χ0n) is 20.2. The number of carbonyl (C=O) groups is 3. The fourth-order valence-corrected chi connectivity index (χ4v) is 5.50. The van der Waals surface area contributed by atoms with Gasteiger partial charge in [0.15, 0.2) is 5.78 Å². The number of carbonyl (C=O) groups excluding carboxylic acids is 3. The van der Waals surface area contributed by atoms with Crippen LogP contribution in [0, 0.1) is 16.6 Å². The van der Waals surface area contributed by atoms with E-state index in [-0.39, 0.29) is 5.78 Å². The van der Waals surface area contributed by atoms with Crippen LogP contribution in [0.4, 0.5) is 4.39 Å². The molecule has 0 unspecified atom stereocenters. The van der Waals surface area contributed by atoms with Crippen LogP contribution in [-0.4, -0.2) is 40.8 Å². The van der Waals surface area contributed by atoms with Crippen LogP contribution in [0.25, 0.3) is 0 Å². The third-order valence-corrected chi connectivity index (χ3v) is 7.00. The van der Waals surface area contributed by atoms with Crippen molar-refractivity contribution in [3.05, 3.63) is 71.0 Å². The molecule has 7 nitrogen and oxygen atoms in total. The molecule has 2 saturated heterocycles. The topological polar surface area (TPSA) is 85.3 Å². The molecule has 0 radical (unpaired) electrons. The predicted octanol–water partition coefficient (Wildman–Crippen LogP) is 4.12. The molecule has 0 bridgehead atoms. The molecule has 3 aliphatic heterocycles. The van der Waals surface area contributed by atoms with Crippen LogP contribution in [0.5, 0.6) is 0 Å². The number of ether oxygens (including phenoxy) is 2. The number of fused-ring (bicyclic) bond motifs is 4. The third-order valence-electron chi connectivity index (χ3n) is 7.00. The number of hydrogen-bond acceptors (Lipinski definition) is 7. The number of halogens is 1. The van der Waals surface area contributed by atoms with E-state index in [1.165, 1.54) is 38.1 Å². The Labute approximate surface area is 202 Å². The van der Waals surface area contributed by atoms with Crippen LogP contribution in [0.1, 0.15) is 63.3 Å². The summed E-state index contributed by atoms with van der Waals surface area (Å²) in [4.78, 5) is 41.9. The normalized spacial score (nSPS) is 26.1. The van der Waals surface area contributed by atoms with Crippen molar-refractivity contribution in [2.24, 2.45) is 15.9 Å². The van der Waals surface area contributed by atoms with Crippen molar-refractivity contribution >= 4 is 23.9 Å². The van der Waals surface area contributed by atoms with Gasteiger partial charge in [0.05, 0.1) is 6.21 Å². The Balaban J connectivity index is 1.85. The maximum Gasteiger partial charge on any atom is 0.330 e. The number of cyclic esters (lactones) is 2. The molecule has 1 spiro atoms. The van der Waals surface area contributed by atoms with Gasteiger partial charge in [0.2, 0.25) is 5.41 Å². The molecule has 0 aliphatic carbocycles. The Bertz CT molecular complexity index is 1240. The lowest BCUT2D eigenvalue weighted by molar-refractivity contribution is -0.254. The van der Waals surface area contributed by atoms with Gasteiger partial charge < -0.3 is 9.47 Å². The van der Waals surface area contributed by atoms with E-state index < -0.39 is 52.4 Å². The second-order valence-electron chi connectivity index (χ2n) is 10.8. The molecule has 2 aromatic carbocycles. The number of ketones is 1. The van der Waals surface area contributed by atoms with Crippen molar-refractivity contribution in [2.75, 3.05) is 0 Å². The SMILES string of the molecule is CC1(C)OC(=O)C2(C(=O)O1)[C@H](c1ccc(F)cc1)[C@@H](C(=O)C(C)(C)C)N1N=Cc3ccccc3[C@H]12. The number of hydrogen-bond donors (Lipinski definition) is 0.